The molecule has 1 aliphatic heterocycles. The number of hydrogen-bond acceptors (Lipinski definition) is 6. The molecule has 0 atom stereocenters. The summed E-state index contributed by atoms with van der Waals surface area (Å²) in [6.45, 7) is 2.53. The van der Waals surface area contributed by atoms with Gasteiger partial charge in [-0.1, -0.05) is 43.9 Å². The minimum absolute atomic E-state index is 0.0123. The van der Waals surface area contributed by atoms with Gasteiger partial charge in [0.05, 0.1) is 17.0 Å². The Morgan fingerprint density at radius 3 is 2.44 bits per heavy atom. The number of nitrogens with one attached hydrogen (secondary N) is 1. The number of nitrogens with zero attached hydrogens (tertiary/aromatic N) is 3. The van der Waals surface area contributed by atoms with Crippen LogP contribution in [0.3, 0.4) is 0 Å². The van der Waals surface area contributed by atoms with Crippen molar-refractivity contribution in [2.75, 3.05) is 37.5 Å². The Bertz CT molecular complexity index is 1180. The van der Waals surface area contributed by atoms with Crippen LogP contribution in [0.4, 0.5) is 10.5 Å². The Morgan fingerprint density at radius 1 is 0.944 bits per heavy atom. The van der Waals surface area contributed by atoms with Crippen LogP contribution in [0.1, 0.15) is 42.5 Å². The predicted octanol–water partition coefficient (Wildman–Crippen LogP) is 5.83. The first-order chi connectivity index (χ1) is 17.7. The highest BCUT2D eigenvalue weighted by atomic mass is 32.2. The van der Waals surface area contributed by atoms with Crippen LogP contribution in [0, 0.1) is 5.92 Å². The third-order valence-corrected chi connectivity index (χ3v) is 7.94. The summed E-state index contributed by atoms with van der Waals surface area (Å²) in [5.41, 5.74) is 2.51. The zero-order valence-corrected chi connectivity index (χ0v) is 21.2. The van der Waals surface area contributed by atoms with Crippen molar-refractivity contribution in [1.82, 2.24) is 14.8 Å². The van der Waals surface area contributed by atoms with Gasteiger partial charge in [-0.05, 0) is 60.7 Å². The third kappa shape index (κ3) is 5.93. The molecule has 2 aromatic carbocycles. The van der Waals surface area contributed by atoms with Crippen molar-refractivity contribution >= 4 is 40.5 Å². The second kappa shape index (κ2) is 11.6. The zero-order valence-electron chi connectivity index (χ0n) is 20.4. The highest BCUT2D eigenvalue weighted by Gasteiger charge is 2.26. The van der Waals surface area contributed by atoms with Gasteiger partial charge in [0.2, 0.25) is 0 Å². The molecule has 0 radical (unpaired) electrons. The Hall–Kier alpha value is -3.26. The summed E-state index contributed by atoms with van der Waals surface area (Å²) < 4.78 is 8.83. The van der Waals surface area contributed by atoms with Gasteiger partial charge >= 0.3 is 6.09 Å². The summed E-state index contributed by atoms with van der Waals surface area (Å²) in [5, 5.41) is 1.10. The van der Waals surface area contributed by atoms with E-state index in [1.807, 2.05) is 54.6 Å². The van der Waals surface area contributed by atoms with E-state index in [1.54, 1.807) is 16.0 Å². The molecule has 1 aromatic heterocycles. The summed E-state index contributed by atoms with van der Waals surface area (Å²) in [7, 11) is 0. The highest BCUT2D eigenvalue weighted by molar-refractivity contribution is 8.00. The lowest BCUT2D eigenvalue weighted by molar-refractivity contribution is 0.0549. The number of pyridine rings is 1. The second-order valence-corrected chi connectivity index (χ2v) is 10.3. The first-order valence-electron chi connectivity index (χ1n) is 12.7. The lowest BCUT2D eigenvalue weighted by Crippen LogP contribution is -2.50. The predicted molar refractivity (Wildman–Crippen MR) is 143 cm³/mol. The van der Waals surface area contributed by atoms with Crippen LogP contribution in [-0.4, -0.2) is 59.6 Å². The molecule has 188 valence electrons. The second-order valence-electron chi connectivity index (χ2n) is 9.45. The Labute approximate surface area is 216 Å². The van der Waals surface area contributed by atoms with Crippen LogP contribution in [0.2, 0.25) is 0 Å². The maximum Gasteiger partial charge on any atom is 0.409 e. The summed E-state index contributed by atoms with van der Waals surface area (Å²) in [6.07, 6.45) is 7.63. The number of aromatic nitrogens is 1. The molecule has 3 aromatic rings. The molecule has 1 aliphatic carbocycles. The molecular formula is C28H32N4O3S. The fourth-order valence-corrected chi connectivity index (χ4v) is 5.71. The fourth-order valence-electron chi connectivity index (χ4n) is 4.93. The molecule has 7 nitrogen and oxygen atoms in total. The van der Waals surface area contributed by atoms with E-state index in [0.29, 0.717) is 44.3 Å². The quantitative estimate of drug-likeness (QED) is 0.408. The summed E-state index contributed by atoms with van der Waals surface area (Å²) in [4.78, 5) is 34.4. The standard InChI is InChI=1S/C28H32N4O3S/c33-27(31-16-18-32(19-17-31)28(34)35-20-14-21-5-1-2-6-21)23-10-12-24(13-11-23)30-36-25-9-3-7-22-8-4-15-29-26(22)25/h3-4,7-13,15,21,30H,1-2,5-6,14,16-20H2. The van der Waals surface area contributed by atoms with Crippen molar-refractivity contribution in [2.24, 2.45) is 5.92 Å². The van der Waals surface area contributed by atoms with E-state index in [4.69, 9.17) is 4.74 Å². The van der Waals surface area contributed by atoms with Crippen molar-refractivity contribution in [1.29, 1.82) is 0 Å². The van der Waals surface area contributed by atoms with E-state index in [2.05, 4.69) is 9.71 Å². The number of piperazine rings is 1. The fraction of sp³-hybridized carbons (Fsp3) is 0.393. The van der Waals surface area contributed by atoms with Crippen molar-refractivity contribution in [3.05, 3.63) is 66.4 Å². The lowest BCUT2D eigenvalue weighted by Gasteiger charge is -2.34. The smallest absolute Gasteiger partial charge is 0.409 e. The topological polar surface area (TPSA) is 74.8 Å². The van der Waals surface area contributed by atoms with Gasteiger partial charge in [-0.15, -0.1) is 0 Å². The molecular weight excluding hydrogens is 472 g/mol. The number of amides is 2. The highest BCUT2D eigenvalue weighted by Crippen LogP contribution is 2.28. The van der Waals surface area contributed by atoms with E-state index in [-0.39, 0.29) is 12.0 Å². The molecule has 36 heavy (non-hydrogen) atoms. The van der Waals surface area contributed by atoms with Gasteiger partial charge in [0.15, 0.2) is 0 Å². The molecule has 5 rings (SSSR count). The van der Waals surface area contributed by atoms with Gasteiger partial charge < -0.3 is 19.3 Å². The first kappa shape index (κ1) is 24.4. The van der Waals surface area contributed by atoms with Gasteiger partial charge in [-0.2, -0.15) is 0 Å². The molecule has 2 aliphatic rings. The third-order valence-electron chi connectivity index (χ3n) is 7.06. The van der Waals surface area contributed by atoms with Crippen molar-refractivity contribution in [2.45, 2.75) is 37.0 Å². The zero-order chi connectivity index (χ0) is 24.7. The molecule has 2 heterocycles. The van der Waals surface area contributed by atoms with Crippen molar-refractivity contribution in [3.8, 4) is 0 Å². The Kier molecular flexibility index (Phi) is 7.91. The van der Waals surface area contributed by atoms with Gasteiger partial charge in [0, 0.05) is 49.0 Å². The number of fused-ring (bicyclic) bond motifs is 1. The summed E-state index contributed by atoms with van der Waals surface area (Å²) in [5.74, 6) is 0.699. The number of ether oxygens (including phenoxy) is 1. The molecule has 1 saturated carbocycles. The monoisotopic (exact) mass is 504 g/mol. The Balaban J connectivity index is 1.08. The minimum atomic E-state index is -0.255. The summed E-state index contributed by atoms with van der Waals surface area (Å²) in [6, 6.07) is 17.6. The number of para-hydroxylation sites is 1. The number of anilines is 1. The largest absolute Gasteiger partial charge is 0.449 e. The van der Waals surface area contributed by atoms with Gasteiger partial charge in [-0.3, -0.25) is 9.78 Å². The lowest BCUT2D eigenvalue weighted by atomic mass is 10.1. The maximum absolute atomic E-state index is 13.0. The average Bonchev–Trinajstić information content (AvgIpc) is 3.45. The van der Waals surface area contributed by atoms with Crippen LogP contribution in [0.25, 0.3) is 10.9 Å². The van der Waals surface area contributed by atoms with Gasteiger partial charge in [0.25, 0.3) is 5.91 Å². The van der Waals surface area contributed by atoms with Crippen LogP contribution in [0.5, 0.6) is 0 Å². The normalized spacial score (nSPS) is 16.3. The van der Waals surface area contributed by atoms with Crippen LogP contribution in [-0.2, 0) is 4.74 Å². The molecule has 2 fully saturated rings. The van der Waals surface area contributed by atoms with Crippen LogP contribution < -0.4 is 4.72 Å². The number of rotatable bonds is 7. The minimum Gasteiger partial charge on any atom is -0.449 e. The summed E-state index contributed by atoms with van der Waals surface area (Å²) >= 11 is 1.50. The molecule has 0 unspecified atom stereocenters. The van der Waals surface area contributed by atoms with E-state index in [9.17, 15) is 9.59 Å². The molecule has 2 amide bonds. The maximum atomic E-state index is 13.0. The molecule has 0 spiro atoms. The molecule has 8 heteroatoms. The molecule has 1 N–H and O–H groups in total. The number of hydrogen-bond donors (Lipinski definition) is 1. The molecule has 1 saturated heterocycles. The van der Waals surface area contributed by atoms with E-state index in [0.717, 1.165) is 27.9 Å². The molecule has 0 bridgehead atoms. The van der Waals surface area contributed by atoms with Crippen LogP contribution >= 0.6 is 11.9 Å². The SMILES string of the molecule is O=C(OCCC1CCCC1)N1CCN(C(=O)c2ccc(NSc3cccc4cccnc34)cc2)CC1. The van der Waals surface area contributed by atoms with Gasteiger partial charge in [-0.25, -0.2) is 4.79 Å². The average molecular weight is 505 g/mol. The number of benzene rings is 2. The number of carbonyl (C=O) groups is 2. The van der Waals surface area contributed by atoms with Crippen LogP contribution in [0.15, 0.2) is 65.7 Å². The Morgan fingerprint density at radius 2 is 1.67 bits per heavy atom. The van der Waals surface area contributed by atoms with E-state index < -0.39 is 0 Å². The van der Waals surface area contributed by atoms with Crippen molar-refractivity contribution < 1.29 is 14.3 Å². The van der Waals surface area contributed by atoms with E-state index in [1.165, 1.54) is 37.6 Å². The van der Waals surface area contributed by atoms with E-state index >= 15 is 0 Å². The number of carbonyl (C=O) groups excluding carboxylic acids is 2. The van der Waals surface area contributed by atoms with Gasteiger partial charge in [0.1, 0.15) is 0 Å². The van der Waals surface area contributed by atoms with Crippen molar-refractivity contribution in [3.63, 3.8) is 0 Å². The first-order valence-corrected chi connectivity index (χ1v) is 13.6.